The van der Waals surface area contributed by atoms with Gasteiger partial charge in [-0.25, -0.2) is 4.39 Å². The predicted molar refractivity (Wildman–Crippen MR) is 83.9 cm³/mol. The normalized spacial score (nSPS) is 10.6. The Kier molecular flexibility index (Phi) is 5.76. The molecule has 0 atom stereocenters. The average molecular weight is 287 g/mol. The van der Waals surface area contributed by atoms with E-state index in [0.717, 1.165) is 24.1 Å². The van der Waals surface area contributed by atoms with Crippen molar-refractivity contribution >= 4 is 0 Å². The van der Waals surface area contributed by atoms with Gasteiger partial charge in [0.05, 0.1) is 0 Å². The van der Waals surface area contributed by atoms with Crippen molar-refractivity contribution in [2.24, 2.45) is 0 Å². The first-order valence-corrected chi connectivity index (χ1v) is 7.36. The van der Waals surface area contributed by atoms with E-state index in [0.29, 0.717) is 18.9 Å². The second kappa shape index (κ2) is 7.79. The Morgan fingerprint density at radius 3 is 2.43 bits per heavy atom. The molecule has 0 spiro atoms. The zero-order valence-electron chi connectivity index (χ0n) is 12.7. The summed E-state index contributed by atoms with van der Waals surface area (Å²) in [5.41, 5.74) is 3.17. The molecule has 112 valence electrons. The van der Waals surface area contributed by atoms with Crippen LogP contribution in [0, 0.1) is 12.7 Å². The minimum Gasteiger partial charge on any atom is -0.486 e. The summed E-state index contributed by atoms with van der Waals surface area (Å²) in [6, 6.07) is 13.2. The van der Waals surface area contributed by atoms with Crippen LogP contribution in [-0.4, -0.2) is 6.54 Å². The van der Waals surface area contributed by atoms with Gasteiger partial charge >= 0.3 is 0 Å². The lowest BCUT2D eigenvalue weighted by Crippen LogP contribution is -2.13. The van der Waals surface area contributed by atoms with Crippen LogP contribution in [-0.2, 0) is 13.2 Å². The quantitative estimate of drug-likeness (QED) is 0.770. The SMILES string of the molecule is CCCNCc1ccc(OCc2ccc(C)cc2)c(F)c1. The van der Waals surface area contributed by atoms with Crippen LogP contribution in [0.25, 0.3) is 0 Å². The summed E-state index contributed by atoms with van der Waals surface area (Å²) in [6.45, 7) is 6.14. The number of rotatable bonds is 7. The van der Waals surface area contributed by atoms with Crippen molar-refractivity contribution in [1.29, 1.82) is 0 Å². The highest BCUT2D eigenvalue weighted by atomic mass is 19.1. The number of halogens is 1. The summed E-state index contributed by atoms with van der Waals surface area (Å²) in [7, 11) is 0. The first kappa shape index (κ1) is 15.5. The van der Waals surface area contributed by atoms with Gasteiger partial charge in [0.1, 0.15) is 6.61 Å². The Morgan fingerprint density at radius 2 is 1.76 bits per heavy atom. The van der Waals surface area contributed by atoms with Gasteiger partial charge in [-0.05, 0) is 43.1 Å². The van der Waals surface area contributed by atoms with Crippen molar-refractivity contribution in [2.45, 2.75) is 33.4 Å². The molecule has 0 aliphatic carbocycles. The molecule has 2 aromatic carbocycles. The number of hydrogen-bond donors (Lipinski definition) is 1. The van der Waals surface area contributed by atoms with Gasteiger partial charge in [0.15, 0.2) is 11.6 Å². The number of hydrogen-bond acceptors (Lipinski definition) is 2. The lowest BCUT2D eigenvalue weighted by atomic mass is 10.1. The van der Waals surface area contributed by atoms with Gasteiger partial charge in [0, 0.05) is 6.54 Å². The molecule has 0 aliphatic heterocycles. The van der Waals surface area contributed by atoms with E-state index in [4.69, 9.17) is 4.74 Å². The highest BCUT2D eigenvalue weighted by Gasteiger charge is 2.05. The smallest absolute Gasteiger partial charge is 0.165 e. The van der Waals surface area contributed by atoms with Crippen LogP contribution in [0.1, 0.15) is 30.0 Å². The van der Waals surface area contributed by atoms with Crippen LogP contribution in [0.4, 0.5) is 4.39 Å². The maximum absolute atomic E-state index is 14.0. The summed E-state index contributed by atoms with van der Waals surface area (Å²) in [5.74, 6) is -0.00673. The minimum atomic E-state index is -0.307. The lowest BCUT2D eigenvalue weighted by molar-refractivity contribution is 0.290. The van der Waals surface area contributed by atoms with Gasteiger partial charge in [-0.3, -0.25) is 0 Å². The Hall–Kier alpha value is -1.87. The first-order chi connectivity index (χ1) is 10.2. The second-order valence-corrected chi connectivity index (χ2v) is 5.22. The molecule has 0 bridgehead atoms. The van der Waals surface area contributed by atoms with Gasteiger partial charge in [-0.15, -0.1) is 0 Å². The molecular formula is C18H22FNO. The molecular weight excluding hydrogens is 265 g/mol. The summed E-state index contributed by atoms with van der Waals surface area (Å²) in [5, 5.41) is 3.25. The summed E-state index contributed by atoms with van der Waals surface area (Å²) in [4.78, 5) is 0. The van der Waals surface area contributed by atoms with Crippen LogP contribution < -0.4 is 10.1 Å². The maximum atomic E-state index is 14.0. The predicted octanol–water partition coefficient (Wildman–Crippen LogP) is 4.21. The van der Waals surface area contributed by atoms with E-state index >= 15 is 0 Å². The first-order valence-electron chi connectivity index (χ1n) is 7.36. The monoisotopic (exact) mass is 287 g/mol. The third kappa shape index (κ3) is 4.87. The molecule has 0 saturated heterocycles. The van der Waals surface area contributed by atoms with Crippen molar-refractivity contribution < 1.29 is 9.13 Å². The van der Waals surface area contributed by atoms with Crippen LogP contribution in [0.3, 0.4) is 0 Å². The van der Waals surface area contributed by atoms with E-state index in [9.17, 15) is 4.39 Å². The van der Waals surface area contributed by atoms with E-state index in [1.807, 2.05) is 37.3 Å². The summed E-state index contributed by atoms with van der Waals surface area (Å²) >= 11 is 0. The van der Waals surface area contributed by atoms with Gasteiger partial charge in [0.2, 0.25) is 0 Å². The van der Waals surface area contributed by atoms with E-state index in [2.05, 4.69) is 12.2 Å². The van der Waals surface area contributed by atoms with Crippen molar-refractivity contribution in [2.75, 3.05) is 6.54 Å². The Balaban J connectivity index is 1.92. The molecule has 2 aromatic rings. The van der Waals surface area contributed by atoms with Crippen molar-refractivity contribution in [3.8, 4) is 5.75 Å². The number of benzene rings is 2. The summed E-state index contributed by atoms with van der Waals surface area (Å²) < 4.78 is 19.5. The molecule has 0 aliphatic rings. The molecule has 0 aromatic heterocycles. The third-order valence-electron chi connectivity index (χ3n) is 3.27. The van der Waals surface area contributed by atoms with Gasteiger partial charge in [-0.2, -0.15) is 0 Å². The van der Waals surface area contributed by atoms with E-state index in [1.54, 1.807) is 6.07 Å². The van der Waals surface area contributed by atoms with Gasteiger partial charge in [-0.1, -0.05) is 42.8 Å². The molecule has 1 N–H and O–H groups in total. The van der Waals surface area contributed by atoms with E-state index in [-0.39, 0.29) is 5.82 Å². The van der Waals surface area contributed by atoms with E-state index in [1.165, 1.54) is 11.6 Å². The Morgan fingerprint density at radius 1 is 1.05 bits per heavy atom. The molecule has 0 amide bonds. The third-order valence-corrected chi connectivity index (χ3v) is 3.27. The fourth-order valence-corrected chi connectivity index (χ4v) is 2.03. The molecule has 0 saturated carbocycles. The topological polar surface area (TPSA) is 21.3 Å². The number of ether oxygens (including phenoxy) is 1. The molecule has 0 radical (unpaired) electrons. The van der Waals surface area contributed by atoms with Crippen LogP contribution >= 0.6 is 0 Å². The van der Waals surface area contributed by atoms with Crippen LogP contribution in [0.2, 0.25) is 0 Å². The van der Waals surface area contributed by atoms with Crippen molar-refractivity contribution in [3.63, 3.8) is 0 Å². The fourth-order valence-electron chi connectivity index (χ4n) is 2.03. The Labute approximate surface area is 126 Å². The standard InChI is InChI=1S/C18H22FNO/c1-3-10-20-12-16-8-9-18(17(19)11-16)21-13-15-6-4-14(2)5-7-15/h4-9,11,20H,3,10,12-13H2,1-2H3. The fraction of sp³-hybridized carbons (Fsp3) is 0.333. The highest BCUT2D eigenvalue weighted by molar-refractivity contribution is 5.30. The van der Waals surface area contributed by atoms with E-state index < -0.39 is 0 Å². The number of aryl methyl sites for hydroxylation is 1. The molecule has 0 fully saturated rings. The molecule has 3 heteroatoms. The molecule has 0 heterocycles. The molecule has 21 heavy (non-hydrogen) atoms. The van der Waals surface area contributed by atoms with Gasteiger partial charge < -0.3 is 10.1 Å². The maximum Gasteiger partial charge on any atom is 0.165 e. The molecule has 2 rings (SSSR count). The lowest BCUT2D eigenvalue weighted by Gasteiger charge is -2.09. The second-order valence-electron chi connectivity index (χ2n) is 5.22. The molecule has 2 nitrogen and oxygen atoms in total. The summed E-state index contributed by atoms with van der Waals surface area (Å²) in [6.07, 6.45) is 1.07. The Bertz CT molecular complexity index is 566. The number of nitrogens with one attached hydrogen (secondary N) is 1. The molecule has 0 unspecified atom stereocenters. The van der Waals surface area contributed by atoms with Crippen LogP contribution in [0.5, 0.6) is 5.75 Å². The highest BCUT2D eigenvalue weighted by Crippen LogP contribution is 2.19. The van der Waals surface area contributed by atoms with Crippen molar-refractivity contribution in [1.82, 2.24) is 5.32 Å². The van der Waals surface area contributed by atoms with Gasteiger partial charge in [0.25, 0.3) is 0 Å². The minimum absolute atomic E-state index is 0.301. The van der Waals surface area contributed by atoms with Crippen LogP contribution in [0.15, 0.2) is 42.5 Å². The average Bonchev–Trinajstić information content (AvgIpc) is 2.48. The van der Waals surface area contributed by atoms with Crippen molar-refractivity contribution in [3.05, 3.63) is 65.0 Å². The zero-order valence-corrected chi connectivity index (χ0v) is 12.7. The largest absolute Gasteiger partial charge is 0.486 e. The zero-order chi connectivity index (χ0) is 15.1.